The molecule has 0 atom stereocenters. The van der Waals surface area contributed by atoms with Crippen LogP contribution in [0, 0.1) is 6.92 Å². The highest BCUT2D eigenvalue weighted by Crippen LogP contribution is 2.09. The van der Waals surface area contributed by atoms with Crippen LogP contribution < -0.4 is 5.32 Å². The molecule has 0 aromatic heterocycles. The van der Waals surface area contributed by atoms with E-state index in [1.807, 2.05) is 49.4 Å². The zero-order chi connectivity index (χ0) is 17.4. The summed E-state index contributed by atoms with van der Waals surface area (Å²) >= 11 is 0. The molecular weight excluding hydrogens is 302 g/mol. The first-order valence-electron chi connectivity index (χ1n) is 7.53. The smallest absolute Gasteiger partial charge is 0.355 e. The molecule has 4 nitrogen and oxygen atoms in total. The minimum absolute atomic E-state index is 0.0748. The number of ether oxygens (including phenoxy) is 1. The minimum atomic E-state index is -0.612. The molecule has 0 fully saturated rings. The van der Waals surface area contributed by atoms with E-state index in [2.05, 4.69) is 11.9 Å². The van der Waals surface area contributed by atoms with E-state index in [1.165, 1.54) is 6.08 Å². The Bertz CT molecular complexity index is 746. The molecule has 122 valence electrons. The standard InChI is InChI=1S/C20H19NO3/c1-3-13-24-20(23)18(14-16-7-5-4-6-8-16)21-19(22)17-11-9-15(2)10-12-17/h3-12,14H,1,13H2,2H3,(H,21,22). The van der Waals surface area contributed by atoms with Gasteiger partial charge >= 0.3 is 5.97 Å². The van der Waals surface area contributed by atoms with Crippen molar-refractivity contribution in [3.63, 3.8) is 0 Å². The Labute approximate surface area is 141 Å². The first kappa shape index (κ1) is 17.2. The van der Waals surface area contributed by atoms with Crippen molar-refractivity contribution in [2.24, 2.45) is 0 Å². The Balaban J connectivity index is 2.23. The van der Waals surface area contributed by atoms with E-state index < -0.39 is 5.97 Å². The number of carbonyl (C=O) groups excluding carboxylic acids is 2. The average Bonchev–Trinajstić information content (AvgIpc) is 2.60. The van der Waals surface area contributed by atoms with E-state index >= 15 is 0 Å². The van der Waals surface area contributed by atoms with Gasteiger partial charge in [-0.05, 0) is 30.7 Å². The Hall–Kier alpha value is -3.14. The van der Waals surface area contributed by atoms with Crippen LogP contribution in [0.2, 0.25) is 0 Å². The second kappa shape index (κ2) is 8.48. The highest BCUT2D eigenvalue weighted by atomic mass is 16.5. The summed E-state index contributed by atoms with van der Waals surface area (Å²) in [6, 6.07) is 16.3. The summed E-state index contributed by atoms with van der Waals surface area (Å²) in [4.78, 5) is 24.5. The van der Waals surface area contributed by atoms with E-state index in [0.717, 1.165) is 11.1 Å². The average molecular weight is 321 g/mol. The van der Waals surface area contributed by atoms with Crippen molar-refractivity contribution in [1.29, 1.82) is 0 Å². The van der Waals surface area contributed by atoms with Gasteiger partial charge in [-0.1, -0.05) is 60.7 Å². The molecule has 0 aliphatic carbocycles. The van der Waals surface area contributed by atoms with E-state index in [-0.39, 0.29) is 18.2 Å². The van der Waals surface area contributed by atoms with Crippen LogP contribution in [0.15, 0.2) is 72.9 Å². The lowest BCUT2D eigenvalue weighted by atomic mass is 10.1. The largest absolute Gasteiger partial charge is 0.457 e. The second-order valence-corrected chi connectivity index (χ2v) is 5.18. The maximum absolute atomic E-state index is 12.4. The van der Waals surface area contributed by atoms with Gasteiger partial charge in [-0.3, -0.25) is 4.79 Å². The lowest BCUT2D eigenvalue weighted by Crippen LogP contribution is -2.28. The third-order valence-corrected chi connectivity index (χ3v) is 3.22. The Morgan fingerprint density at radius 1 is 1.08 bits per heavy atom. The van der Waals surface area contributed by atoms with Crippen molar-refractivity contribution >= 4 is 18.0 Å². The van der Waals surface area contributed by atoms with Crippen molar-refractivity contribution in [2.75, 3.05) is 6.61 Å². The quantitative estimate of drug-likeness (QED) is 0.503. The lowest BCUT2D eigenvalue weighted by molar-refractivity contribution is -0.138. The Morgan fingerprint density at radius 3 is 2.38 bits per heavy atom. The summed E-state index contributed by atoms with van der Waals surface area (Å²) in [5.41, 5.74) is 2.38. The number of carbonyl (C=O) groups is 2. The van der Waals surface area contributed by atoms with E-state index in [9.17, 15) is 9.59 Å². The number of rotatable bonds is 6. The molecular formula is C20H19NO3. The van der Waals surface area contributed by atoms with Crippen molar-refractivity contribution in [3.05, 3.63) is 89.6 Å². The molecule has 0 saturated carbocycles. The maximum atomic E-state index is 12.4. The van der Waals surface area contributed by atoms with Gasteiger partial charge in [0.15, 0.2) is 0 Å². The van der Waals surface area contributed by atoms with Gasteiger partial charge in [0.1, 0.15) is 12.3 Å². The number of benzene rings is 2. The summed E-state index contributed by atoms with van der Waals surface area (Å²) in [5, 5.41) is 2.62. The third kappa shape index (κ3) is 4.95. The number of amides is 1. The molecule has 1 amide bonds. The van der Waals surface area contributed by atoms with Gasteiger partial charge in [-0.15, -0.1) is 0 Å². The van der Waals surface area contributed by atoms with Crippen molar-refractivity contribution in [2.45, 2.75) is 6.92 Å². The molecule has 0 saturated heterocycles. The highest BCUT2D eigenvalue weighted by molar-refractivity contribution is 6.03. The second-order valence-electron chi connectivity index (χ2n) is 5.18. The lowest BCUT2D eigenvalue weighted by Gasteiger charge is -2.10. The molecule has 0 bridgehead atoms. The van der Waals surface area contributed by atoms with Gasteiger partial charge in [0.05, 0.1) is 0 Å². The first-order chi connectivity index (χ1) is 11.6. The van der Waals surface area contributed by atoms with E-state index in [4.69, 9.17) is 4.74 Å². The normalized spacial score (nSPS) is 10.8. The molecule has 0 aliphatic rings. The fourth-order valence-electron chi connectivity index (χ4n) is 1.97. The van der Waals surface area contributed by atoms with Crippen LogP contribution in [0.25, 0.3) is 6.08 Å². The number of hydrogen-bond acceptors (Lipinski definition) is 3. The molecule has 4 heteroatoms. The Kier molecular flexibility index (Phi) is 6.08. The fourth-order valence-corrected chi connectivity index (χ4v) is 1.97. The molecule has 0 aliphatic heterocycles. The summed E-state index contributed by atoms with van der Waals surface area (Å²) in [7, 11) is 0. The van der Waals surface area contributed by atoms with Crippen LogP contribution in [-0.4, -0.2) is 18.5 Å². The van der Waals surface area contributed by atoms with Gasteiger partial charge in [0.25, 0.3) is 5.91 Å². The Morgan fingerprint density at radius 2 is 1.75 bits per heavy atom. The van der Waals surface area contributed by atoms with Gasteiger partial charge in [-0.25, -0.2) is 4.79 Å². The predicted molar refractivity (Wildman–Crippen MR) is 94.2 cm³/mol. The summed E-state index contributed by atoms with van der Waals surface area (Å²) in [6.45, 7) is 5.52. The van der Waals surface area contributed by atoms with Crippen LogP contribution in [-0.2, 0) is 9.53 Å². The number of esters is 1. The van der Waals surface area contributed by atoms with Gasteiger partial charge in [0, 0.05) is 5.56 Å². The van der Waals surface area contributed by atoms with Crippen LogP contribution in [0.3, 0.4) is 0 Å². The predicted octanol–water partition coefficient (Wildman–Crippen LogP) is 3.50. The molecule has 2 aromatic carbocycles. The first-order valence-corrected chi connectivity index (χ1v) is 7.53. The van der Waals surface area contributed by atoms with Gasteiger partial charge in [-0.2, -0.15) is 0 Å². The summed E-state index contributed by atoms with van der Waals surface area (Å²) in [6.07, 6.45) is 3.05. The highest BCUT2D eigenvalue weighted by Gasteiger charge is 2.15. The van der Waals surface area contributed by atoms with Gasteiger partial charge < -0.3 is 10.1 Å². The molecule has 0 spiro atoms. The zero-order valence-corrected chi connectivity index (χ0v) is 13.5. The SMILES string of the molecule is C=CCOC(=O)C(=Cc1ccccc1)NC(=O)c1ccc(C)cc1. The van der Waals surface area contributed by atoms with Crippen LogP contribution in [0.5, 0.6) is 0 Å². The molecule has 1 N–H and O–H groups in total. The number of hydrogen-bond donors (Lipinski definition) is 1. The molecule has 2 aromatic rings. The fraction of sp³-hybridized carbons (Fsp3) is 0.100. The zero-order valence-electron chi connectivity index (χ0n) is 13.5. The van der Waals surface area contributed by atoms with E-state index in [0.29, 0.717) is 5.56 Å². The summed E-state index contributed by atoms with van der Waals surface area (Å²) < 4.78 is 5.04. The topological polar surface area (TPSA) is 55.4 Å². The number of nitrogens with one attached hydrogen (secondary N) is 1. The van der Waals surface area contributed by atoms with E-state index in [1.54, 1.807) is 18.2 Å². The molecule has 24 heavy (non-hydrogen) atoms. The summed E-state index contributed by atoms with van der Waals surface area (Å²) in [5.74, 6) is -0.980. The molecule has 2 rings (SSSR count). The van der Waals surface area contributed by atoms with Crippen molar-refractivity contribution < 1.29 is 14.3 Å². The van der Waals surface area contributed by atoms with Crippen molar-refractivity contribution in [1.82, 2.24) is 5.32 Å². The van der Waals surface area contributed by atoms with Crippen LogP contribution >= 0.6 is 0 Å². The molecule has 0 radical (unpaired) electrons. The van der Waals surface area contributed by atoms with Crippen LogP contribution in [0.4, 0.5) is 0 Å². The monoisotopic (exact) mass is 321 g/mol. The minimum Gasteiger partial charge on any atom is -0.457 e. The third-order valence-electron chi connectivity index (χ3n) is 3.22. The van der Waals surface area contributed by atoms with Crippen LogP contribution in [0.1, 0.15) is 21.5 Å². The van der Waals surface area contributed by atoms with Gasteiger partial charge in [0.2, 0.25) is 0 Å². The molecule has 0 unspecified atom stereocenters. The molecule has 0 heterocycles. The number of aryl methyl sites for hydroxylation is 1. The maximum Gasteiger partial charge on any atom is 0.355 e. The van der Waals surface area contributed by atoms with Crippen molar-refractivity contribution in [3.8, 4) is 0 Å².